The molecule has 1 amide bonds. The molecule has 0 radical (unpaired) electrons. The van der Waals surface area contributed by atoms with Gasteiger partial charge in [0.15, 0.2) is 0 Å². The smallest absolute Gasteiger partial charge is 0.410 e. The van der Waals surface area contributed by atoms with E-state index in [1.165, 1.54) is 0 Å². The Labute approximate surface area is 252 Å². The summed E-state index contributed by atoms with van der Waals surface area (Å²) in [5.41, 5.74) is 4.06. The van der Waals surface area contributed by atoms with Gasteiger partial charge in [-0.3, -0.25) is 4.90 Å². The molecule has 4 aromatic carbocycles. The Bertz CT molecular complexity index is 1410. The summed E-state index contributed by atoms with van der Waals surface area (Å²) in [4.78, 5) is 15.5. The summed E-state index contributed by atoms with van der Waals surface area (Å²) >= 11 is 0. The van der Waals surface area contributed by atoms with Gasteiger partial charge in [-0.05, 0) is 22.3 Å². The summed E-state index contributed by atoms with van der Waals surface area (Å²) in [7, 11) is 0. The van der Waals surface area contributed by atoms with Gasteiger partial charge < -0.3 is 23.7 Å². The molecule has 6 rings (SSSR count). The van der Waals surface area contributed by atoms with Crippen molar-refractivity contribution in [3.63, 3.8) is 0 Å². The lowest BCUT2D eigenvalue weighted by Crippen LogP contribution is -2.54. The maximum Gasteiger partial charge on any atom is 0.410 e. The maximum atomic E-state index is 13.7. The second-order valence-corrected chi connectivity index (χ2v) is 10.9. The van der Waals surface area contributed by atoms with Crippen LogP contribution in [0.3, 0.4) is 0 Å². The summed E-state index contributed by atoms with van der Waals surface area (Å²) < 4.78 is 31.5. The highest BCUT2D eigenvalue weighted by Gasteiger charge is 2.57. The Morgan fingerprint density at radius 3 is 1.63 bits per heavy atom. The number of rotatable bonds is 12. The van der Waals surface area contributed by atoms with Crippen molar-refractivity contribution in [1.82, 2.24) is 4.90 Å². The van der Waals surface area contributed by atoms with Crippen LogP contribution < -0.4 is 0 Å². The van der Waals surface area contributed by atoms with Gasteiger partial charge >= 0.3 is 6.09 Å². The van der Waals surface area contributed by atoms with E-state index in [-0.39, 0.29) is 25.4 Å². The minimum atomic E-state index is -0.526. The highest BCUT2D eigenvalue weighted by Crippen LogP contribution is 2.38. The molecule has 0 unspecified atom stereocenters. The van der Waals surface area contributed by atoms with E-state index in [1.807, 2.05) is 121 Å². The number of fused-ring (bicyclic) bond motifs is 1. The van der Waals surface area contributed by atoms with Crippen molar-refractivity contribution in [3.05, 3.63) is 144 Å². The summed E-state index contributed by atoms with van der Waals surface area (Å²) in [5, 5.41) is 0. The molecule has 0 bridgehead atoms. The van der Waals surface area contributed by atoms with Crippen LogP contribution in [-0.2, 0) is 50.1 Å². The first-order chi connectivity index (χ1) is 21.2. The van der Waals surface area contributed by atoms with Crippen LogP contribution in [-0.4, -0.2) is 54.6 Å². The van der Waals surface area contributed by atoms with Gasteiger partial charge in [-0.2, -0.15) is 0 Å². The first-order valence-corrected chi connectivity index (χ1v) is 14.8. The molecule has 2 heterocycles. The molecule has 0 aromatic heterocycles. The number of amides is 1. The van der Waals surface area contributed by atoms with Crippen LogP contribution in [0.2, 0.25) is 0 Å². The van der Waals surface area contributed by atoms with Crippen molar-refractivity contribution in [2.45, 2.75) is 56.9 Å². The van der Waals surface area contributed by atoms with Gasteiger partial charge in [0.2, 0.25) is 0 Å². The Balaban J connectivity index is 1.26. The lowest BCUT2D eigenvalue weighted by Gasteiger charge is -2.37. The second-order valence-electron chi connectivity index (χ2n) is 10.9. The number of carbonyl (C=O) groups excluding carboxylic acids is 1. The van der Waals surface area contributed by atoms with E-state index in [0.717, 1.165) is 22.3 Å². The first-order valence-electron chi connectivity index (χ1n) is 14.8. The van der Waals surface area contributed by atoms with Crippen LogP contribution in [0.15, 0.2) is 121 Å². The molecule has 5 atom stereocenters. The molecule has 7 nitrogen and oxygen atoms in total. The molecule has 2 aliphatic rings. The zero-order chi connectivity index (χ0) is 29.3. The van der Waals surface area contributed by atoms with Crippen molar-refractivity contribution in [1.29, 1.82) is 0 Å². The lowest BCUT2D eigenvalue weighted by atomic mass is 10.0. The molecular formula is C36H37NO6. The predicted molar refractivity (Wildman–Crippen MR) is 162 cm³/mol. The standard InChI is InChI=1S/C36H37NO6/c38-36(42-25-30-19-11-4-12-20-30)37-21-32-34(43-32)35(41-24-29-17-9-3-10-18-29)33(40-23-28-15-7-2-8-16-28)31(37)26-39-22-27-13-5-1-6-14-27/h1-20,31-35H,21-26H2/t31-,32+,33+,34+,35-/m0/s1. The average molecular weight is 580 g/mol. The number of likely N-dealkylation sites (tertiary alicyclic amines) is 1. The predicted octanol–water partition coefficient (Wildman–Crippen LogP) is 6.16. The van der Waals surface area contributed by atoms with Crippen LogP contribution in [0, 0.1) is 0 Å². The number of ether oxygens (including phenoxy) is 5. The van der Waals surface area contributed by atoms with Crippen molar-refractivity contribution in [3.8, 4) is 0 Å². The zero-order valence-electron chi connectivity index (χ0n) is 24.1. The molecule has 2 saturated heterocycles. The molecule has 0 aliphatic carbocycles. The molecule has 43 heavy (non-hydrogen) atoms. The number of carbonyl (C=O) groups is 1. The van der Waals surface area contributed by atoms with E-state index in [1.54, 1.807) is 4.90 Å². The first kappa shape index (κ1) is 29.1. The fourth-order valence-electron chi connectivity index (χ4n) is 5.50. The zero-order valence-corrected chi connectivity index (χ0v) is 24.1. The van der Waals surface area contributed by atoms with E-state index in [2.05, 4.69) is 0 Å². The van der Waals surface area contributed by atoms with Gasteiger partial charge in [-0.15, -0.1) is 0 Å². The third kappa shape index (κ3) is 7.89. The number of epoxide rings is 1. The molecule has 4 aromatic rings. The van der Waals surface area contributed by atoms with Crippen molar-refractivity contribution in [2.24, 2.45) is 0 Å². The largest absolute Gasteiger partial charge is 0.445 e. The average Bonchev–Trinajstić information content (AvgIpc) is 3.84. The van der Waals surface area contributed by atoms with Gasteiger partial charge in [0.05, 0.1) is 39.0 Å². The second kappa shape index (κ2) is 14.4. The van der Waals surface area contributed by atoms with Gasteiger partial charge in [-0.1, -0.05) is 121 Å². The quantitative estimate of drug-likeness (QED) is 0.187. The van der Waals surface area contributed by atoms with Crippen molar-refractivity contribution < 1.29 is 28.5 Å². The SMILES string of the molecule is O=C(OCc1ccccc1)N1C[C@H]2O[C@H]2[C@@H](OCc2ccccc2)[C@H](OCc2ccccc2)[C@@H]1COCc1ccccc1. The molecule has 2 fully saturated rings. The summed E-state index contributed by atoms with van der Waals surface area (Å²) in [6, 6.07) is 39.3. The molecule has 0 spiro atoms. The Kier molecular flexibility index (Phi) is 9.77. The highest BCUT2D eigenvalue weighted by atomic mass is 16.6. The fourth-order valence-corrected chi connectivity index (χ4v) is 5.50. The van der Waals surface area contributed by atoms with Crippen LogP contribution in [0.1, 0.15) is 22.3 Å². The summed E-state index contributed by atoms with van der Waals surface area (Å²) in [5.74, 6) is 0. The van der Waals surface area contributed by atoms with Crippen LogP contribution in [0.4, 0.5) is 4.79 Å². The van der Waals surface area contributed by atoms with E-state index in [4.69, 9.17) is 23.7 Å². The number of benzene rings is 4. The minimum absolute atomic E-state index is 0.173. The van der Waals surface area contributed by atoms with E-state index >= 15 is 0 Å². The Hall–Kier alpha value is -4.01. The third-order valence-corrected chi connectivity index (χ3v) is 7.84. The normalized spacial score (nSPS) is 22.8. The highest BCUT2D eigenvalue weighted by molar-refractivity contribution is 5.68. The van der Waals surface area contributed by atoms with Crippen molar-refractivity contribution in [2.75, 3.05) is 13.2 Å². The third-order valence-electron chi connectivity index (χ3n) is 7.84. The summed E-state index contributed by atoms with van der Waals surface area (Å²) in [6.45, 7) is 1.96. The molecule has 7 heteroatoms. The number of nitrogens with zero attached hydrogens (tertiary/aromatic N) is 1. The molecule has 2 aliphatic heterocycles. The minimum Gasteiger partial charge on any atom is -0.445 e. The van der Waals surface area contributed by atoms with E-state index in [9.17, 15) is 4.79 Å². The van der Waals surface area contributed by atoms with E-state index in [0.29, 0.717) is 26.4 Å². The van der Waals surface area contributed by atoms with Gasteiger partial charge in [0, 0.05) is 0 Å². The van der Waals surface area contributed by atoms with Crippen LogP contribution in [0.25, 0.3) is 0 Å². The number of hydrogen-bond acceptors (Lipinski definition) is 6. The Morgan fingerprint density at radius 1 is 0.628 bits per heavy atom. The monoisotopic (exact) mass is 579 g/mol. The van der Waals surface area contributed by atoms with Crippen molar-refractivity contribution >= 4 is 6.09 Å². The topological polar surface area (TPSA) is 69.8 Å². The fraction of sp³-hybridized carbons (Fsp3) is 0.306. The van der Waals surface area contributed by atoms with Gasteiger partial charge in [0.25, 0.3) is 0 Å². The molecular weight excluding hydrogens is 542 g/mol. The Morgan fingerprint density at radius 2 is 1.09 bits per heavy atom. The lowest BCUT2D eigenvalue weighted by molar-refractivity contribution is -0.133. The molecule has 0 saturated carbocycles. The van der Waals surface area contributed by atoms with Gasteiger partial charge in [-0.25, -0.2) is 4.79 Å². The number of hydrogen-bond donors (Lipinski definition) is 0. The maximum absolute atomic E-state index is 13.7. The van der Waals surface area contributed by atoms with E-state index < -0.39 is 24.3 Å². The summed E-state index contributed by atoms with van der Waals surface area (Å²) in [6.07, 6.45) is -1.74. The van der Waals surface area contributed by atoms with Crippen LogP contribution in [0.5, 0.6) is 0 Å². The molecule has 222 valence electrons. The van der Waals surface area contributed by atoms with Crippen LogP contribution >= 0.6 is 0 Å². The molecule has 0 N–H and O–H groups in total. The van der Waals surface area contributed by atoms with Gasteiger partial charge in [0.1, 0.15) is 31.0 Å².